The maximum absolute atomic E-state index is 8.78. The number of nitrogens with two attached hydrogens (primary N) is 1. The van der Waals surface area contributed by atoms with E-state index in [0.29, 0.717) is 11.3 Å². The molecule has 0 radical (unpaired) electrons. The van der Waals surface area contributed by atoms with E-state index in [1.807, 2.05) is 18.2 Å². The van der Waals surface area contributed by atoms with Gasteiger partial charge in [-0.3, -0.25) is 0 Å². The quantitative estimate of drug-likeness (QED) is 0.298. The first-order valence-corrected chi connectivity index (χ1v) is 7.45. The van der Waals surface area contributed by atoms with E-state index in [1.165, 1.54) is 0 Å². The fraction of sp³-hybridized carbons (Fsp3) is 0.562. The van der Waals surface area contributed by atoms with Crippen molar-refractivity contribution >= 4 is 5.84 Å². The molecule has 0 saturated carbocycles. The number of hydrogen-bond acceptors (Lipinski definition) is 4. The molecule has 0 fully saturated rings. The zero-order valence-corrected chi connectivity index (χ0v) is 13.4. The van der Waals surface area contributed by atoms with Crippen molar-refractivity contribution in [1.29, 1.82) is 0 Å². The van der Waals surface area contributed by atoms with Crippen molar-refractivity contribution in [3.8, 4) is 5.75 Å². The molecule has 21 heavy (non-hydrogen) atoms. The second-order valence-electron chi connectivity index (χ2n) is 5.21. The molecule has 0 atom stereocenters. The van der Waals surface area contributed by atoms with Gasteiger partial charge in [-0.15, -0.1) is 0 Å². The molecule has 0 unspecified atom stereocenters. The summed E-state index contributed by atoms with van der Waals surface area (Å²) < 4.78 is 5.32. The number of amidine groups is 1. The van der Waals surface area contributed by atoms with Crippen LogP contribution >= 0.6 is 0 Å². The van der Waals surface area contributed by atoms with Crippen molar-refractivity contribution < 1.29 is 9.94 Å². The lowest BCUT2D eigenvalue weighted by molar-refractivity contribution is 0.288. The predicted molar refractivity (Wildman–Crippen MR) is 85.9 cm³/mol. The molecule has 1 aromatic rings. The average molecular weight is 293 g/mol. The molecule has 0 bridgehead atoms. The number of oxime groups is 1. The van der Waals surface area contributed by atoms with Crippen molar-refractivity contribution in [2.24, 2.45) is 10.9 Å². The minimum atomic E-state index is 0.0522. The Hall–Kier alpha value is -1.75. The van der Waals surface area contributed by atoms with Crippen LogP contribution in [-0.4, -0.2) is 23.7 Å². The lowest BCUT2D eigenvalue weighted by Gasteiger charge is -2.32. The van der Waals surface area contributed by atoms with Gasteiger partial charge in [0.05, 0.1) is 12.7 Å². The SMILES string of the molecule is CCC(CC)(CC)NCc1ccc(/C(N)=N/O)c(OC)c1. The molecule has 0 amide bonds. The highest BCUT2D eigenvalue weighted by Crippen LogP contribution is 2.23. The summed E-state index contributed by atoms with van der Waals surface area (Å²) in [5.74, 6) is 0.663. The van der Waals surface area contributed by atoms with Crippen LogP contribution in [0.4, 0.5) is 0 Å². The van der Waals surface area contributed by atoms with Gasteiger partial charge in [0, 0.05) is 12.1 Å². The van der Waals surface area contributed by atoms with Gasteiger partial charge in [0.25, 0.3) is 0 Å². The van der Waals surface area contributed by atoms with Crippen LogP contribution in [0.3, 0.4) is 0 Å². The molecule has 0 heterocycles. The normalized spacial score (nSPS) is 12.5. The number of methoxy groups -OCH3 is 1. The van der Waals surface area contributed by atoms with E-state index in [0.717, 1.165) is 31.4 Å². The van der Waals surface area contributed by atoms with E-state index in [1.54, 1.807) is 7.11 Å². The molecule has 5 nitrogen and oxygen atoms in total. The lowest BCUT2D eigenvalue weighted by Crippen LogP contribution is -2.43. The third-order valence-electron chi connectivity index (χ3n) is 4.35. The maximum atomic E-state index is 8.78. The number of hydrogen-bond donors (Lipinski definition) is 3. The van der Waals surface area contributed by atoms with Crippen LogP contribution in [0.5, 0.6) is 5.75 Å². The summed E-state index contributed by atoms with van der Waals surface area (Å²) in [7, 11) is 1.58. The fourth-order valence-electron chi connectivity index (χ4n) is 2.53. The minimum Gasteiger partial charge on any atom is -0.496 e. The molecule has 0 spiro atoms. The highest BCUT2D eigenvalue weighted by molar-refractivity contribution is 5.99. The highest BCUT2D eigenvalue weighted by Gasteiger charge is 2.22. The molecule has 1 rings (SSSR count). The Bertz CT molecular complexity index is 474. The number of nitrogens with one attached hydrogen (secondary N) is 1. The zero-order chi connectivity index (χ0) is 15.9. The van der Waals surface area contributed by atoms with Gasteiger partial charge in [0.2, 0.25) is 0 Å². The van der Waals surface area contributed by atoms with Crippen LogP contribution < -0.4 is 15.8 Å². The van der Waals surface area contributed by atoms with Crippen molar-refractivity contribution in [3.05, 3.63) is 29.3 Å². The molecule has 4 N–H and O–H groups in total. The molecule has 5 heteroatoms. The molecule has 1 aromatic carbocycles. The summed E-state index contributed by atoms with van der Waals surface area (Å²) in [5, 5.41) is 15.4. The zero-order valence-electron chi connectivity index (χ0n) is 13.4. The maximum Gasteiger partial charge on any atom is 0.173 e. The Labute approximate surface area is 127 Å². The van der Waals surface area contributed by atoms with Crippen LogP contribution in [0.1, 0.15) is 51.2 Å². The first-order chi connectivity index (χ1) is 10.1. The van der Waals surface area contributed by atoms with E-state index in [4.69, 9.17) is 15.7 Å². The first-order valence-electron chi connectivity index (χ1n) is 7.45. The summed E-state index contributed by atoms with van der Waals surface area (Å²) in [5.41, 5.74) is 7.52. The standard InChI is InChI=1S/C16H27N3O2/c1-5-16(6-2,7-3)18-11-12-8-9-13(15(17)19-20)14(10-12)21-4/h8-10,18,20H,5-7,11H2,1-4H3,(H2,17,19). The third-order valence-corrected chi connectivity index (χ3v) is 4.35. The van der Waals surface area contributed by atoms with Crippen molar-refractivity contribution in [2.45, 2.75) is 52.1 Å². The molecule has 0 saturated heterocycles. The summed E-state index contributed by atoms with van der Waals surface area (Å²) in [6.45, 7) is 7.40. The Kier molecular flexibility index (Phi) is 6.49. The number of ether oxygens (including phenoxy) is 1. The van der Waals surface area contributed by atoms with Crippen LogP contribution in [0.2, 0.25) is 0 Å². The van der Waals surface area contributed by atoms with E-state index in [-0.39, 0.29) is 11.4 Å². The van der Waals surface area contributed by atoms with Gasteiger partial charge in [-0.05, 0) is 37.0 Å². The summed E-state index contributed by atoms with van der Waals surface area (Å²) in [6, 6.07) is 5.71. The fourth-order valence-corrected chi connectivity index (χ4v) is 2.53. The minimum absolute atomic E-state index is 0.0522. The monoisotopic (exact) mass is 293 g/mol. The number of benzene rings is 1. The van der Waals surface area contributed by atoms with E-state index in [9.17, 15) is 0 Å². The van der Waals surface area contributed by atoms with Crippen LogP contribution in [0.25, 0.3) is 0 Å². The van der Waals surface area contributed by atoms with Gasteiger partial charge in [-0.1, -0.05) is 32.0 Å². The van der Waals surface area contributed by atoms with Crippen molar-refractivity contribution in [2.75, 3.05) is 7.11 Å². The smallest absolute Gasteiger partial charge is 0.173 e. The predicted octanol–water partition coefficient (Wildman–Crippen LogP) is 2.85. The van der Waals surface area contributed by atoms with Gasteiger partial charge in [-0.2, -0.15) is 0 Å². The van der Waals surface area contributed by atoms with Gasteiger partial charge in [-0.25, -0.2) is 0 Å². The topological polar surface area (TPSA) is 79.9 Å². The number of rotatable bonds is 8. The van der Waals surface area contributed by atoms with Gasteiger partial charge >= 0.3 is 0 Å². The van der Waals surface area contributed by atoms with Crippen molar-refractivity contribution in [3.63, 3.8) is 0 Å². The van der Waals surface area contributed by atoms with E-state index in [2.05, 4.69) is 31.2 Å². The Balaban J connectivity index is 2.91. The van der Waals surface area contributed by atoms with Gasteiger partial charge < -0.3 is 21.0 Å². The Morgan fingerprint density at radius 1 is 1.29 bits per heavy atom. The Morgan fingerprint density at radius 3 is 2.38 bits per heavy atom. The second kappa shape index (κ2) is 7.88. The summed E-state index contributed by atoms with van der Waals surface area (Å²) >= 11 is 0. The first kappa shape index (κ1) is 17.3. The number of nitrogens with zero attached hydrogens (tertiary/aromatic N) is 1. The largest absolute Gasteiger partial charge is 0.496 e. The highest BCUT2D eigenvalue weighted by atomic mass is 16.5. The molecule has 0 aromatic heterocycles. The molecular weight excluding hydrogens is 266 g/mol. The molecule has 118 valence electrons. The third kappa shape index (κ3) is 4.11. The molecule has 0 aliphatic heterocycles. The average Bonchev–Trinajstić information content (AvgIpc) is 2.55. The van der Waals surface area contributed by atoms with Crippen LogP contribution in [0.15, 0.2) is 23.4 Å². The van der Waals surface area contributed by atoms with E-state index < -0.39 is 0 Å². The van der Waals surface area contributed by atoms with Crippen molar-refractivity contribution in [1.82, 2.24) is 5.32 Å². The molecule has 0 aliphatic carbocycles. The van der Waals surface area contributed by atoms with Crippen LogP contribution in [-0.2, 0) is 6.54 Å². The van der Waals surface area contributed by atoms with E-state index >= 15 is 0 Å². The summed E-state index contributed by atoms with van der Waals surface area (Å²) in [6.07, 6.45) is 3.29. The van der Waals surface area contributed by atoms with Crippen LogP contribution in [0, 0.1) is 0 Å². The summed E-state index contributed by atoms with van der Waals surface area (Å²) in [4.78, 5) is 0. The second-order valence-corrected chi connectivity index (χ2v) is 5.21. The lowest BCUT2D eigenvalue weighted by atomic mass is 9.89. The van der Waals surface area contributed by atoms with Gasteiger partial charge in [0.15, 0.2) is 5.84 Å². The molecular formula is C16H27N3O2. The Morgan fingerprint density at radius 2 is 1.90 bits per heavy atom. The van der Waals surface area contributed by atoms with Gasteiger partial charge in [0.1, 0.15) is 5.75 Å². The molecule has 0 aliphatic rings.